The van der Waals surface area contributed by atoms with Gasteiger partial charge in [0.2, 0.25) is 0 Å². The Balaban J connectivity index is 0.00000104. The molecule has 2 aliphatic heterocycles. The molecule has 24 heavy (non-hydrogen) atoms. The van der Waals surface area contributed by atoms with Crippen LogP contribution in [0.25, 0.3) is 11.7 Å². The summed E-state index contributed by atoms with van der Waals surface area (Å²) in [6, 6.07) is 5.95. The molecule has 4 heterocycles. The quantitative estimate of drug-likeness (QED) is 0.795. The minimum atomic E-state index is -0.0130. The lowest BCUT2D eigenvalue weighted by Crippen LogP contribution is -2.26. The zero-order valence-electron chi connectivity index (χ0n) is 12.8. The number of carbonyl (C=O) groups excluding carboxylic acids is 1. The molecule has 0 unspecified atom stereocenters. The number of hydrogen-bond donors (Lipinski definition) is 2. The van der Waals surface area contributed by atoms with Crippen LogP contribution >= 0.6 is 36.6 Å². The molecule has 0 atom stereocenters. The molecule has 2 aromatic rings. The molecule has 0 spiro atoms. The molecule has 2 aromatic heterocycles. The van der Waals surface area contributed by atoms with Crippen LogP contribution in [0.4, 0.5) is 0 Å². The third-order valence-electron chi connectivity index (χ3n) is 3.86. The number of nitrogens with zero attached hydrogens (tertiary/aromatic N) is 2. The van der Waals surface area contributed by atoms with E-state index in [1.807, 2.05) is 24.3 Å². The summed E-state index contributed by atoms with van der Waals surface area (Å²) < 4.78 is 2.07. The van der Waals surface area contributed by atoms with Crippen molar-refractivity contribution >= 4 is 54.2 Å². The molecule has 2 N–H and O–H groups in total. The van der Waals surface area contributed by atoms with Gasteiger partial charge in [-0.15, -0.1) is 24.8 Å². The monoisotopic (exact) mass is 384 g/mol. The van der Waals surface area contributed by atoms with Crippen molar-refractivity contribution in [1.29, 1.82) is 0 Å². The lowest BCUT2D eigenvalue weighted by atomic mass is 10.2. The van der Waals surface area contributed by atoms with E-state index in [9.17, 15) is 4.79 Å². The van der Waals surface area contributed by atoms with Crippen molar-refractivity contribution in [2.45, 2.75) is 11.4 Å². The highest BCUT2D eigenvalue weighted by Gasteiger charge is 2.19. The Hall–Kier alpha value is -1.47. The van der Waals surface area contributed by atoms with Gasteiger partial charge < -0.3 is 10.6 Å². The van der Waals surface area contributed by atoms with Crippen molar-refractivity contribution < 1.29 is 4.79 Å². The second kappa shape index (κ2) is 8.07. The topological polar surface area (TPSA) is 58.4 Å². The van der Waals surface area contributed by atoms with E-state index in [1.165, 1.54) is 17.3 Å². The predicted molar refractivity (Wildman–Crippen MR) is 102 cm³/mol. The van der Waals surface area contributed by atoms with Gasteiger partial charge in [-0.2, -0.15) is 0 Å². The van der Waals surface area contributed by atoms with Gasteiger partial charge in [0, 0.05) is 19.6 Å². The van der Waals surface area contributed by atoms with Crippen LogP contribution in [-0.4, -0.2) is 34.9 Å². The molecule has 0 fully saturated rings. The number of rotatable bonds is 4. The third kappa shape index (κ3) is 3.62. The molecule has 0 saturated heterocycles. The molecule has 4 rings (SSSR count). The number of amides is 1. The zero-order chi connectivity index (χ0) is 14.9. The molecule has 0 aliphatic carbocycles. The molecule has 1 amide bonds. The molecule has 0 bridgehead atoms. The van der Waals surface area contributed by atoms with Crippen LogP contribution in [-0.2, 0) is 4.79 Å². The van der Waals surface area contributed by atoms with E-state index >= 15 is 0 Å². The highest BCUT2D eigenvalue weighted by atomic mass is 35.5. The Morgan fingerprint density at radius 1 is 1.38 bits per heavy atom. The van der Waals surface area contributed by atoms with E-state index in [4.69, 9.17) is 0 Å². The lowest BCUT2D eigenvalue weighted by molar-refractivity contribution is -0.116. The van der Waals surface area contributed by atoms with Gasteiger partial charge in [-0.3, -0.25) is 9.20 Å². The van der Waals surface area contributed by atoms with E-state index in [2.05, 4.69) is 26.1 Å². The van der Waals surface area contributed by atoms with Gasteiger partial charge in [0.1, 0.15) is 5.65 Å². The SMILES string of the molecule is Cl.Cl.O=C(NCCC1=CCNC1)C1=Cc2cnc3cccc(n23)S1. The summed E-state index contributed by atoms with van der Waals surface area (Å²) in [5.41, 5.74) is 3.24. The number of carbonyl (C=O) groups is 1. The van der Waals surface area contributed by atoms with Crippen molar-refractivity contribution in [3.05, 3.63) is 46.6 Å². The van der Waals surface area contributed by atoms with Gasteiger partial charge >= 0.3 is 0 Å². The first-order valence-corrected chi connectivity index (χ1v) is 8.16. The molecular formula is C16H18Cl2N4OS. The molecule has 0 radical (unpaired) electrons. The maximum Gasteiger partial charge on any atom is 0.258 e. The molecule has 5 nitrogen and oxygen atoms in total. The van der Waals surface area contributed by atoms with Crippen LogP contribution in [0.2, 0.25) is 0 Å². The first-order chi connectivity index (χ1) is 10.8. The fourth-order valence-electron chi connectivity index (χ4n) is 2.73. The summed E-state index contributed by atoms with van der Waals surface area (Å²) in [6.07, 6.45) is 6.81. The normalized spacial score (nSPS) is 15.2. The Morgan fingerprint density at radius 3 is 3.04 bits per heavy atom. The molecular weight excluding hydrogens is 367 g/mol. The maximum atomic E-state index is 12.4. The summed E-state index contributed by atoms with van der Waals surface area (Å²) in [6.45, 7) is 2.56. The minimum absolute atomic E-state index is 0. The van der Waals surface area contributed by atoms with Crippen LogP contribution in [0.1, 0.15) is 12.1 Å². The largest absolute Gasteiger partial charge is 0.351 e. The lowest BCUT2D eigenvalue weighted by Gasteiger charge is -2.15. The van der Waals surface area contributed by atoms with Crippen molar-refractivity contribution in [2.75, 3.05) is 19.6 Å². The fraction of sp³-hybridized carbons (Fsp3) is 0.250. The highest BCUT2D eigenvalue weighted by molar-refractivity contribution is 8.04. The molecule has 0 saturated carbocycles. The molecule has 128 valence electrons. The number of thioether (sulfide) groups is 1. The number of halogens is 2. The summed E-state index contributed by atoms with van der Waals surface area (Å²) in [5.74, 6) is -0.0130. The van der Waals surface area contributed by atoms with Crippen LogP contribution in [0.15, 0.2) is 46.0 Å². The van der Waals surface area contributed by atoms with Gasteiger partial charge in [-0.1, -0.05) is 29.5 Å². The smallest absolute Gasteiger partial charge is 0.258 e. The van der Waals surface area contributed by atoms with Crippen LogP contribution in [0, 0.1) is 0 Å². The summed E-state index contributed by atoms with van der Waals surface area (Å²) >= 11 is 1.49. The van der Waals surface area contributed by atoms with E-state index < -0.39 is 0 Å². The summed E-state index contributed by atoms with van der Waals surface area (Å²) in [7, 11) is 0. The van der Waals surface area contributed by atoms with E-state index in [0.29, 0.717) is 6.54 Å². The minimum Gasteiger partial charge on any atom is -0.351 e. The van der Waals surface area contributed by atoms with Gasteiger partial charge in [0.05, 0.1) is 21.8 Å². The van der Waals surface area contributed by atoms with Crippen LogP contribution < -0.4 is 10.6 Å². The average molecular weight is 385 g/mol. The second-order valence-corrected chi connectivity index (χ2v) is 6.41. The first kappa shape index (κ1) is 18.9. The summed E-state index contributed by atoms with van der Waals surface area (Å²) in [5, 5.41) is 7.30. The Morgan fingerprint density at radius 2 is 2.25 bits per heavy atom. The number of nitrogens with one attached hydrogen (secondary N) is 2. The second-order valence-electron chi connectivity index (χ2n) is 5.35. The van der Waals surface area contributed by atoms with Crippen LogP contribution in [0.5, 0.6) is 0 Å². The number of hydrogen-bond acceptors (Lipinski definition) is 4. The first-order valence-electron chi connectivity index (χ1n) is 7.34. The zero-order valence-corrected chi connectivity index (χ0v) is 15.3. The van der Waals surface area contributed by atoms with Crippen molar-refractivity contribution in [3.8, 4) is 0 Å². The maximum absolute atomic E-state index is 12.4. The number of imidazole rings is 1. The summed E-state index contributed by atoms with van der Waals surface area (Å²) in [4.78, 5) is 17.4. The highest BCUT2D eigenvalue weighted by Crippen LogP contribution is 2.34. The van der Waals surface area contributed by atoms with Crippen molar-refractivity contribution in [1.82, 2.24) is 20.0 Å². The molecule has 8 heteroatoms. The van der Waals surface area contributed by atoms with E-state index in [-0.39, 0.29) is 30.7 Å². The van der Waals surface area contributed by atoms with Crippen molar-refractivity contribution in [2.24, 2.45) is 0 Å². The molecule has 0 aromatic carbocycles. The van der Waals surface area contributed by atoms with E-state index in [0.717, 1.165) is 40.8 Å². The number of pyridine rings is 1. The van der Waals surface area contributed by atoms with Gasteiger partial charge in [0.15, 0.2) is 0 Å². The van der Waals surface area contributed by atoms with Gasteiger partial charge in [-0.25, -0.2) is 4.98 Å². The van der Waals surface area contributed by atoms with E-state index in [1.54, 1.807) is 6.20 Å². The predicted octanol–water partition coefficient (Wildman–Crippen LogP) is 2.66. The third-order valence-corrected chi connectivity index (χ3v) is 4.91. The fourth-order valence-corrected chi connectivity index (χ4v) is 3.74. The number of aromatic nitrogens is 2. The standard InChI is InChI=1S/C16H16N4OS.2ClH/c21-16(18-7-5-11-4-6-17-9-11)13-8-12-10-19-14-2-1-3-15(22-13)20(12)14;;/h1-4,8,10,17H,5-7,9H2,(H,18,21);2*1H. The average Bonchev–Trinajstić information content (AvgIpc) is 3.18. The Labute approximate surface area is 156 Å². The van der Waals surface area contributed by atoms with Crippen LogP contribution in [0.3, 0.4) is 0 Å². The Kier molecular flexibility index (Phi) is 6.34. The molecule has 2 aliphatic rings. The van der Waals surface area contributed by atoms with Gasteiger partial charge in [0.25, 0.3) is 5.91 Å². The van der Waals surface area contributed by atoms with Crippen molar-refractivity contribution in [3.63, 3.8) is 0 Å². The van der Waals surface area contributed by atoms with Gasteiger partial charge in [-0.05, 0) is 24.6 Å². The Bertz CT molecular complexity index is 816.